The largest absolute Gasteiger partial charge is 0.398 e. The van der Waals surface area contributed by atoms with Gasteiger partial charge in [0.15, 0.2) is 0 Å². The average molecular weight is 305 g/mol. The van der Waals surface area contributed by atoms with Gasteiger partial charge in [0.05, 0.1) is 0 Å². The van der Waals surface area contributed by atoms with Crippen molar-refractivity contribution < 1.29 is 9.18 Å². The lowest BCUT2D eigenvalue weighted by Crippen LogP contribution is -2.30. The fourth-order valence-electron chi connectivity index (χ4n) is 1.83. The highest BCUT2D eigenvalue weighted by molar-refractivity contribution is 7.98. The number of thioether (sulfide) groups is 1. The molecule has 0 aliphatic carbocycles. The van der Waals surface area contributed by atoms with Crippen molar-refractivity contribution in [2.45, 2.75) is 17.6 Å². The van der Waals surface area contributed by atoms with E-state index in [1.807, 2.05) is 30.5 Å². The van der Waals surface area contributed by atoms with E-state index in [2.05, 4.69) is 0 Å². The van der Waals surface area contributed by atoms with Crippen molar-refractivity contribution in [1.29, 1.82) is 0 Å². The summed E-state index contributed by atoms with van der Waals surface area (Å²) >= 11 is 1.43. The molecule has 6 heteroatoms. The molecule has 2 rings (SSSR count). The molecule has 0 bridgehead atoms. The number of anilines is 1. The van der Waals surface area contributed by atoms with Crippen LogP contribution in [0.25, 0.3) is 0 Å². The molecule has 0 saturated carbocycles. The molecule has 0 radical (unpaired) electrons. The van der Waals surface area contributed by atoms with Crippen LogP contribution in [0.1, 0.15) is 21.5 Å². The Morgan fingerprint density at radius 2 is 2.05 bits per heavy atom. The number of hydrogen-bond donors (Lipinski definition) is 3. The molecule has 1 amide bonds. The Balaban J connectivity index is 2.19. The SMILES string of the molecule is Cc1ccc(N)c(SCc2cc(C(=O)NN)ccc2F)c1. The molecule has 2 aromatic rings. The summed E-state index contributed by atoms with van der Waals surface area (Å²) in [6.07, 6.45) is 0. The molecule has 4 nitrogen and oxygen atoms in total. The van der Waals surface area contributed by atoms with Crippen molar-refractivity contribution >= 4 is 23.4 Å². The Bertz CT molecular complexity index is 676. The summed E-state index contributed by atoms with van der Waals surface area (Å²) in [6, 6.07) is 9.86. The number of hydrazine groups is 1. The Hall–Kier alpha value is -2.05. The van der Waals surface area contributed by atoms with Crippen molar-refractivity contribution in [3.63, 3.8) is 0 Å². The van der Waals surface area contributed by atoms with E-state index in [-0.39, 0.29) is 5.82 Å². The summed E-state index contributed by atoms with van der Waals surface area (Å²) in [4.78, 5) is 12.4. The number of rotatable bonds is 4. The standard InChI is InChI=1S/C15H16FN3OS/c1-9-2-5-13(17)14(6-9)21-8-11-7-10(15(20)19-18)3-4-12(11)16/h2-7H,8,17-18H2,1H3,(H,19,20). The van der Waals surface area contributed by atoms with Gasteiger partial charge in [-0.2, -0.15) is 0 Å². The number of nitrogens with two attached hydrogens (primary N) is 2. The average Bonchev–Trinajstić information content (AvgIpc) is 2.48. The van der Waals surface area contributed by atoms with Crippen molar-refractivity contribution in [3.05, 3.63) is 58.9 Å². The molecule has 0 aliphatic rings. The summed E-state index contributed by atoms with van der Waals surface area (Å²) in [5.74, 6) is 4.65. The molecule has 0 spiro atoms. The minimum Gasteiger partial charge on any atom is -0.398 e. The summed E-state index contributed by atoms with van der Waals surface area (Å²) < 4.78 is 13.8. The summed E-state index contributed by atoms with van der Waals surface area (Å²) in [7, 11) is 0. The molecular weight excluding hydrogens is 289 g/mol. The molecule has 21 heavy (non-hydrogen) atoms. The Labute approximate surface area is 126 Å². The van der Waals surface area contributed by atoms with Crippen LogP contribution in [-0.2, 0) is 5.75 Å². The minimum atomic E-state index is -0.448. The van der Waals surface area contributed by atoms with Gasteiger partial charge in [-0.25, -0.2) is 10.2 Å². The van der Waals surface area contributed by atoms with Gasteiger partial charge in [-0.05, 0) is 48.4 Å². The lowest BCUT2D eigenvalue weighted by Gasteiger charge is -2.08. The zero-order valence-electron chi connectivity index (χ0n) is 11.5. The minimum absolute atomic E-state index is 0.326. The normalized spacial score (nSPS) is 10.4. The predicted molar refractivity (Wildman–Crippen MR) is 83.2 cm³/mol. The van der Waals surface area contributed by atoms with Gasteiger partial charge >= 0.3 is 0 Å². The van der Waals surface area contributed by atoms with Crippen LogP contribution in [-0.4, -0.2) is 5.91 Å². The highest BCUT2D eigenvalue weighted by atomic mass is 32.2. The molecule has 0 atom stereocenters. The van der Waals surface area contributed by atoms with Gasteiger partial charge in [0, 0.05) is 21.9 Å². The Morgan fingerprint density at radius 1 is 1.29 bits per heavy atom. The smallest absolute Gasteiger partial charge is 0.265 e. The molecule has 2 aromatic carbocycles. The van der Waals surface area contributed by atoms with Crippen molar-refractivity contribution in [2.24, 2.45) is 5.84 Å². The van der Waals surface area contributed by atoms with E-state index in [0.29, 0.717) is 22.6 Å². The van der Waals surface area contributed by atoms with E-state index in [0.717, 1.165) is 10.5 Å². The molecule has 0 aromatic heterocycles. The Kier molecular flexibility index (Phi) is 4.82. The summed E-state index contributed by atoms with van der Waals surface area (Å²) in [5.41, 5.74) is 10.4. The van der Waals surface area contributed by atoms with Crippen LogP contribution in [0.4, 0.5) is 10.1 Å². The van der Waals surface area contributed by atoms with E-state index < -0.39 is 5.91 Å². The maximum atomic E-state index is 13.8. The monoisotopic (exact) mass is 305 g/mol. The van der Waals surface area contributed by atoms with Gasteiger partial charge < -0.3 is 5.73 Å². The van der Waals surface area contributed by atoms with Crippen LogP contribution >= 0.6 is 11.8 Å². The van der Waals surface area contributed by atoms with Crippen LogP contribution in [0.2, 0.25) is 0 Å². The second-order valence-corrected chi connectivity index (χ2v) is 5.63. The molecule has 0 heterocycles. The number of carbonyl (C=O) groups excluding carboxylic acids is 1. The first kappa shape index (κ1) is 15.3. The number of benzene rings is 2. The van der Waals surface area contributed by atoms with Crippen LogP contribution in [0.15, 0.2) is 41.3 Å². The zero-order chi connectivity index (χ0) is 15.4. The second-order valence-electron chi connectivity index (χ2n) is 4.61. The van der Waals surface area contributed by atoms with Crippen LogP contribution in [0.3, 0.4) is 0 Å². The van der Waals surface area contributed by atoms with E-state index in [9.17, 15) is 9.18 Å². The summed E-state index contributed by atoms with van der Waals surface area (Å²) in [5, 5.41) is 0. The highest BCUT2D eigenvalue weighted by Crippen LogP contribution is 2.30. The summed E-state index contributed by atoms with van der Waals surface area (Å²) in [6.45, 7) is 1.97. The number of nitrogens with one attached hydrogen (secondary N) is 1. The molecule has 110 valence electrons. The number of halogens is 1. The van der Waals surface area contributed by atoms with E-state index in [1.54, 1.807) is 0 Å². The van der Waals surface area contributed by atoms with Gasteiger partial charge in [0.2, 0.25) is 0 Å². The number of aryl methyl sites for hydroxylation is 1. The first-order valence-electron chi connectivity index (χ1n) is 6.29. The van der Waals surface area contributed by atoms with Crippen LogP contribution in [0.5, 0.6) is 0 Å². The third-order valence-corrected chi connectivity index (χ3v) is 4.11. The number of nitrogen functional groups attached to an aromatic ring is 2. The third kappa shape index (κ3) is 3.74. The zero-order valence-corrected chi connectivity index (χ0v) is 12.3. The van der Waals surface area contributed by atoms with Gasteiger partial charge in [0.1, 0.15) is 5.82 Å². The molecule has 0 unspecified atom stereocenters. The second kappa shape index (κ2) is 6.60. The van der Waals surface area contributed by atoms with E-state index in [4.69, 9.17) is 11.6 Å². The molecule has 0 fully saturated rings. The fourth-order valence-corrected chi connectivity index (χ4v) is 2.87. The van der Waals surface area contributed by atoms with Gasteiger partial charge in [0.25, 0.3) is 5.91 Å². The Morgan fingerprint density at radius 3 is 2.76 bits per heavy atom. The van der Waals surface area contributed by atoms with Crippen LogP contribution in [0, 0.1) is 12.7 Å². The maximum absolute atomic E-state index is 13.8. The quantitative estimate of drug-likeness (QED) is 0.267. The lowest BCUT2D eigenvalue weighted by molar-refractivity contribution is 0.0953. The maximum Gasteiger partial charge on any atom is 0.265 e. The van der Waals surface area contributed by atoms with Gasteiger partial charge in [-0.15, -0.1) is 11.8 Å². The molecule has 0 saturated heterocycles. The van der Waals surface area contributed by atoms with Crippen molar-refractivity contribution in [1.82, 2.24) is 5.43 Å². The van der Waals surface area contributed by atoms with E-state index >= 15 is 0 Å². The van der Waals surface area contributed by atoms with Crippen molar-refractivity contribution in [2.75, 3.05) is 5.73 Å². The predicted octanol–water partition coefficient (Wildman–Crippen LogP) is 2.61. The topological polar surface area (TPSA) is 81.1 Å². The molecular formula is C15H16FN3OS. The molecule has 0 aliphatic heterocycles. The van der Waals surface area contributed by atoms with Crippen molar-refractivity contribution in [3.8, 4) is 0 Å². The fraction of sp³-hybridized carbons (Fsp3) is 0.133. The number of amides is 1. The van der Waals surface area contributed by atoms with Crippen LogP contribution < -0.4 is 17.0 Å². The first-order chi connectivity index (χ1) is 10.0. The molecule has 5 N–H and O–H groups in total. The number of hydrogen-bond acceptors (Lipinski definition) is 4. The van der Waals surface area contributed by atoms with Gasteiger partial charge in [-0.3, -0.25) is 10.2 Å². The van der Waals surface area contributed by atoms with E-state index in [1.165, 1.54) is 30.0 Å². The highest BCUT2D eigenvalue weighted by Gasteiger charge is 2.10. The van der Waals surface area contributed by atoms with Gasteiger partial charge in [-0.1, -0.05) is 6.07 Å². The first-order valence-corrected chi connectivity index (χ1v) is 7.28. The number of carbonyl (C=O) groups is 1. The third-order valence-electron chi connectivity index (χ3n) is 2.99. The lowest BCUT2D eigenvalue weighted by atomic mass is 10.1.